The van der Waals surface area contributed by atoms with Crippen LogP contribution in [0.25, 0.3) is 0 Å². The number of hydrogen-bond acceptors (Lipinski definition) is 4. The van der Waals surface area contributed by atoms with Gasteiger partial charge in [-0.15, -0.1) is 0 Å². The Labute approximate surface area is 87.2 Å². The van der Waals surface area contributed by atoms with Crippen molar-refractivity contribution in [1.29, 1.82) is 0 Å². The van der Waals surface area contributed by atoms with Crippen LogP contribution >= 0.6 is 11.6 Å². The smallest absolute Gasteiger partial charge is 0.493 e. The largest absolute Gasteiger partial charge is 0.493 e. The minimum Gasteiger partial charge on any atom is -0.493 e. The highest BCUT2D eigenvalue weighted by Gasteiger charge is 2.23. The highest BCUT2D eigenvalue weighted by atomic mass is 35.5. The Bertz CT molecular complexity index is 329. The number of hydrogen-bond donors (Lipinski definition) is 2. The number of benzene rings is 1. The van der Waals surface area contributed by atoms with Gasteiger partial charge in [-0.25, -0.2) is 0 Å². The number of rotatable bonds is 3. The normalized spacial score (nSPS) is 9.79. The summed E-state index contributed by atoms with van der Waals surface area (Å²) in [6, 6.07) is 3.10. The molecule has 6 heteroatoms. The zero-order valence-corrected chi connectivity index (χ0v) is 8.58. The van der Waals surface area contributed by atoms with Crippen LogP contribution in [0.3, 0.4) is 0 Å². The molecule has 0 amide bonds. The molecule has 0 heterocycles. The molecule has 0 bridgehead atoms. The maximum atomic E-state index is 9.07. The average molecular weight is 216 g/mol. The van der Waals surface area contributed by atoms with Gasteiger partial charge in [-0.3, -0.25) is 0 Å². The van der Waals surface area contributed by atoms with Crippen LogP contribution in [0.1, 0.15) is 0 Å². The van der Waals surface area contributed by atoms with Crippen molar-refractivity contribution in [1.82, 2.24) is 0 Å². The van der Waals surface area contributed by atoms with Crippen molar-refractivity contribution in [2.75, 3.05) is 14.2 Å². The molecule has 2 N–H and O–H groups in total. The molecule has 0 aromatic heterocycles. The van der Waals surface area contributed by atoms with E-state index in [1.807, 2.05) is 0 Å². The molecule has 0 atom stereocenters. The van der Waals surface area contributed by atoms with Gasteiger partial charge in [0, 0.05) is 10.5 Å². The summed E-state index contributed by atoms with van der Waals surface area (Å²) in [5.41, 5.74) is 0.105. The number of halogens is 1. The topological polar surface area (TPSA) is 58.9 Å². The van der Waals surface area contributed by atoms with Crippen molar-refractivity contribution in [2.24, 2.45) is 0 Å². The third-order valence-corrected chi connectivity index (χ3v) is 2.12. The molecule has 0 aliphatic rings. The maximum absolute atomic E-state index is 9.07. The van der Waals surface area contributed by atoms with Gasteiger partial charge in [0.25, 0.3) is 0 Å². The highest BCUT2D eigenvalue weighted by Crippen LogP contribution is 2.27. The first-order valence-electron chi connectivity index (χ1n) is 3.88. The molecular formula is C8H10BClO4. The van der Waals surface area contributed by atoms with Crippen LogP contribution in [-0.2, 0) is 0 Å². The highest BCUT2D eigenvalue weighted by molar-refractivity contribution is 6.64. The SMILES string of the molecule is COc1ccc(Cl)c(B(O)O)c1OC. The summed E-state index contributed by atoms with van der Waals surface area (Å²) < 4.78 is 9.96. The average Bonchev–Trinajstić information content (AvgIpc) is 2.16. The summed E-state index contributed by atoms with van der Waals surface area (Å²) in [5, 5.41) is 18.4. The molecule has 0 radical (unpaired) electrons. The summed E-state index contributed by atoms with van der Waals surface area (Å²) in [6.45, 7) is 0. The molecular weight excluding hydrogens is 206 g/mol. The lowest BCUT2D eigenvalue weighted by atomic mass is 9.79. The Morgan fingerprint density at radius 2 is 1.86 bits per heavy atom. The van der Waals surface area contributed by atoms with Gasteiger partial charge in [0.1, 0.15) is 0 Å². The van der Waals surface area contributed by atoms with Crippen molar-refractivity contribution in [3.8, 4) is 11.5 Å². The van der Waals surface area contributed by atoms with Crippen LogP contribution in [0.2, 0.25) is 5.02 Å². The summed E-state index contributed by atoms with van der Waals surface area (Å²) >= 11 is 5.78. The molecule has 1 rings (SSSR count). The van der Waals surface area contributed by atoms with E-state index in [1.54, 1.807) is 6.07 Å². The first-order valence-corrected chi connectivity index (χ1v) is 4.26. The van der Waals surface area contributed by atoms with Crippen molar-refractivity contribution >= 4 is 24.2 Å². The monoisotopic (exact) mass is 216 g/mol. The molecule has 0 fully saturated rings. The van der Waals surface area contributed by atoms with Crippen LogP contribution in [0.15, 0.2) is 12.1 Å². The fourth-order valence-corrected chi connectivity index (χ4v) is 1.41. The molecule has 0 spiro atoms. The summed E-state index contributed by atoms with van der Waals surface area (Å²) in [5.74, 6) is 0.634. The quantitative estimate of drug-likeness (QED) is 0.700. The Balaban J connectivity index is 3.35. The second-order valence-corrected chi connectivity index (χ2v) is 2.98. The Hall–Kier alpha value is -0.905. The van der Waals surface area contributed by atoms with Crippen LogP contribution in [0, 0.1) is 0 Å². The molecule has 0 aliphatic heterocycles. The Kier molecular flexibility index (Phi) is 3.63. The summed E-state index contributed by atoms with van der Waals surface area (Å²) in [7, 11) is 1.17. The number of methoxy groups -OCH3 is 2. The van der Waals surface area contributed by atoms with Crippen LogP contribution in [0.5, 0.6) is 11.5 Å². The fraction of sp³-hybridized carbons (Fsp3) is 0.250. The van der Waals surface area contributed by atoms with Gasteiger partial charge in [0.05, 0.1) is 14.2 Å². The molecule has 1 aromatic carbocycles. The third-order valence-electron chi connectivity index (χ3n) is 1.79. The van der Waals surface area contributed by atoms with Crippen LogP contribution < -0.4 is 14.9 Å². The van der Waals surface area contributed by atoms with Crippen molar-refractivity contribution in [2.45, 2.75) is 0 Å². The van der Waals surface area contributed by atoms with E-state index >= 15 is 0 Å². The van der Waals surface area contributed by atoms with E-state index < -0.39 is 7.12 Å². The van der Waals surface area contributed by atoms with Crippen LogP contribution in [0.4, 0.5) is 0 Å². The molecule has 0 unspecified atom stereocenters. The predicted octanol–water partition coefficient (Wildman–Crippen LogP) is 0.0370. The molecule has 0 saturated heterocycles. The van der Waals surface area contributed by atoms with Gasteiger partial charge in [0.15, 0.2) is 11.5 Å². The van der Waals surface area contributed by atoms with E-state index in [1.165, 1.54) is 20.3 Å². The minimum absolute atomic E-state index is 0.105. The van der Waals surface area contributed by atoms with Gasteiger partial charge < -0.3 is 19.5 Å². The van der Waals surface area contributed by atoms with E-state index in [-0.39, 0.29) is 16.2 Å². The van der Waals surface area contributed by atoms with Crippen LogP contribution in [-0.4, -0.2) is 31.4 Å². The zero-order chi connectivity index (χ0) is 10.7. The molecule has 4 nitrogen and oxygen atoms in total. The van der Waals surface area contributed by atoms with Gasteiger partial charge in [-0.05, 0) is 12.1 Å². The van der Waals surface area contributed by atoms with Crippen molar-refractivity contribution < 1.29 is 19.5 Å². The Morgan fingerprint density at radius 1 is 1.21 bits per heavy atom. The Morgan fingerprint density at radius 3 is 2.29 bits per heavy atom. The lowest BCUT2D eigenvalue weighted by Crippen LogP contribution is -2.32. The predicted molar refractivity (Wildman–Crippen MR) is 54.4 cm³/mol. The first-order chi connectivity index (χ1) is 6.61. The third kappa shape index (κ3) is 1.95. The minimum atomic E-state index is -1.69. The summed E-state index contributed by atoms with van der Waals surface area (Å²) in [6.07, 6.45) is 0. The van der Waals surface area contributed by atoms with Gasteiger partial charge in [-0.2, -0.15) is 0 Å². The second-order valence-electron chi connectivity index (χ2n) is 2.57. The second kappa shape index (κ2) is 4.55. The van der Waals surface area contributed by atoms with Crippen molar-refractivity contribution in [3.63, 3.8) is 0 Å². The van der Waals surface area contributed by atoms with E-state index in [2.05, 4.69) is 0 Å². The van der Waals surface area contributed by atoms with Gasteiger partial charge >= 0.3 is 7.12 Å². The van der Waals surface area contributed by atoms with Gasteiger partial charge in [-0.1, -0.05) is 11.6 Å². The summed E-state index contributed by atoms with van der Waals surface area (Å²) in [4.78, 5) is 0. The molecule has 1 aromatic rings. The fourth-order valence-electron chi connectivity index (χ4n) is 1.17. The lowest BCUT2D eigenvalue weighted by Gasteiger charge is -2.13. The number of ether oxygens (including phenoxy) is 2. The van der Waals surface area contributed by atoms with E-state index in [0.717, 1.165) is 0 Å². The standard InChI is InChI=1S/C8H10BClO4/c1-13-6-4-3-5(10)7(9(11)12)8(6)14-2/h3-4,11-12H,1-2H3. The maximum Gasteiger partial charge on any atom is 0.493 e. The van der Waals surface area contributed by atoms with E-state index in [0.29, 0.717) is 5.75 Å². The van der Waals surface area contributed by atoms with E-state index in [9.17, 15) is 0 Å². The van der Waals surface area contributed by atoms with Crippen molar-refractivity contribution in [3.05, 3.63) is 17.2 Å². The van der Waals surface area contributed by atoms with E-state index in [4.69, 9.17) is 31.1 Å². The molecule has 0 aliphatic carbocycles. The molecule has 14 heavy (non-hydrogen) atoms. The molecule has 0 saturated carbocycles. The zero-order valence-electron chi connectivity index (χ0n) is 7.82. The first kappa shape index (κ1) is 11.2. The molecule has 76 valence electrons. The lowest BCUT2D eigenvalue weighted by molar-refractivity contribution is 0.354. The van der Waals surface area contributed by atoms with Gasteiger partial charge in [0.2, 0.25) is 0 Å².